The van der Waals surface area contributed by atoms with Crippen LogP contribution in [0, 0.1) is 5.41 Å². The Morgan fingerprint density at radius 3 is 2.43 bits per heavy atom. The Morgan fingerprint density at radius 2 is 1.88 bits per heavy atom. The van der Waals surface area contributed by atoms with Gasteiger partial charge in [0.15, 0.2) is 22.4 Å². The van der Waals surface area contributed by atoms with Gasteiger partial charge in [-0.15, -0.1) is 16.4 Å². The van der Waals surface area contributed by atoms with Crippen molar-refractivity contribution in [2.24, 2.45) is 10.6 Å². The van der Waals surface area contributed by atoms with Crippen LogP contribution in [0.3, 0.4) is 0 Å². The number of β-lactam (4-membered cyclic amide) rings is 1. The number of H-pyrrole nitrogens is 1. The number of carboxylic acids is 1. The highest BCUT2D eigenvalue weighted by Gasteiger charge is 2.44. The van der Waals surface area contributed by atoms with Crippen LogP contribution in [0.2, 0.25) is 0 Å². The summed E-state index contributed by atoms with van der Waals surface area (Å²) in [5, 5.41) is 30.0. The number of aliphatic carboxylic acids is 1. The number of nitrogens with two attached hydrogens (primary N) is 1. The van der Waals surface area contributed by atoms with Crippen LogP contribution in [-0.2, 0) is 36.0 Å². The average molecular weight is 725 g/mol. The molecule has 3 aromatic heterocycles. The Kier molecular flexibility index (Phi) is 9.72. The molecule has 1 atom stereocenters. The second-order valence-corrected chi connectivity index (χ2v) is 14.7. The number of amides is 4. The monoisotopic (exact) mass is 724 g/mol. The molecule has 0 bridgehead atoms. The number of rotatable bonds is 11. The van der Waals surface area contributed by atoms with Gasteiger partial charge in [0.05, 0.1) is 12.2 Å². The first-order valence-electron chi connectivity index (χ1n) is 14.1. The second-order valence-electron chi connectivity index (χ2n) is 12.3. The highest BCUT2D eigenvalue weighted by Crippen LogP contribution is 2.22. The number of pyridine rings is 1. The number of thiazole rings is 1. The summed E-state index contributed by atoms with van der Waals surface area (Å²) >= 11 is 0.936. The smallest absolute Gasteiger partial charge is 0.362 e. The predicted molar refractivity (Wildman–Crippen MR) is 171 cm³/mol. The van der Waals surface area contributed by atoms with E-state index < -0.39 is 74.8 Å². The first-order valence-corrected chi connectivity index (χ1v) is 16.5. The molecule has 4 heterocycles. The average Bonchev–Trinajstić information content (AvgIpc) is 3.57. The van der Waals surface area contributed by atoms with E-state index >= 15 is 0 Å². The molecule has 1 fully saturated rings. The normalized spacial score (nSPS) is 15.4. The molecular formula is C26H32N10O11S2. The Labute approximate surface area is 280 Å². The molecule has 4 rings (SSSR count). The van der Waals surface area contributed by atoms with Gasteiger partial charge in [0.1, 0.15) is 11.7 Å². The Balaban J connectivity index is 1.52. The molecule has 49 heavy (non-hydrogen) atoms. The number of carboxylic acid groups (broad SMARTS) is 1. The molecule has 0 aliphatic carbocycles. The zero-order chi connectivity index (χ0) is 36.6. The molecule has 0 saturated carbocycles. The fraction of sp³-hybridized carbons (Fsp3) is 0.423. The summed E-state index contributed by atoms with van der Waals surface area (Å²) in [6.07, 6.45) is 1.29. The summed E-state index contributed by atoms with van der Waals surface area (Å²) in [6.45, 7) is 7.39. The third-order valence-corrected chi connectivity index (χ3v) is 8.64. The molecule has 0 aromatic carbocycles. The number of oxime groups is 1. The summed E-state index contributed by atoms with van der Waals surface area (Å²) < 4.78 is 28.9. The van der Waals surface area contributed by atoms with Crippen molar-refractivity contribution in [3.8, 4) is 17.3 Å². The van der Waals surface area contributed by atoms with Crippen LogP contribution in [0.1, 0.15) is 46.7 Å². The van der Waals surface area contributed by atoms with Gasteiger partial charge in [-0.05, 0) is 25.7 Å². The number of aromatic hydroxyl groups is 1. The number of nitrogens with one attached hydrogen (secondary N) is 3. The van der Waals surface area contributed by atoms with Crippen molar-refractivity contribution in [3.63, 3.8) is 0 Å². The van der Waals surface area contributed by atoms with Gasteiger partial charge in [-0.2, -0.15) is 8.42 Å². The summed E-state index contributed by atoms with van der Waals surface area (Å²) in [7, 11) is -5.09. The van der Waals surface area contributed by atoms with Crippen molar-refractivity contribution in [1.29, 1.82) is 0 Å². The van der Waals surface area contributed by atoms with Crippen LogP contribution < -0.4 is 26.9 Å². The highest BCUT2D eigenvalue weighted by atomic mass is 32.2. The van der Waals surface area contributed by atoms with Gasteiger partial charge >= 0.3 is 27.9 Å². The lowest BCUT2D eigenvalue weighted by Crippen LogP contribution is -2.68. The van der Waals surface area contributed by atoms with Gasteiger partial charge < -0.3 is 31.1 Å². The van der Waals surface area contributed by atoms with Crippen molar-refractivity contribution in [3.05, 3.63) is 44.0 Å². The summed E-state index contributed by atoms with van der Waals surface area (Å²) in [4.78, 5) is 87.3. The number of hydrogen-bond acceptors (Lipinski definition) is 15. The third kappa shape index (κ3) is 7.94. The molecular weight excluding hydrogens is 692 g/mol. The summed E-state index contributed by atoms with van der Waals surface area (Å²) in [6, 6.07) is -1.92. The topological polar surface area (TPSA) is 303 Å². The van der Waals surface area contributed by atoms with Crippen LogP contribution in [0.25, 0.3) is 11.5 Å². The van der Waals surface area contributed by atoms with Crippen molar-refractivity contribution in [2.45, 2.75) is 59.2 Å². The maximum atomic E-state index is 13.3. The largest absolute Gasteiger partial charge is 0.503 e. The van der Waals surface area contributed by atoms with E-state index in [-0.39, 0.29) is 38.4 Å². The number of likely N-dealkylation sites (tertiary alicyclic amines) is 1. The Hall–Kier alpha value is -5.58. The zero-order valence-corrected chi connectivity index (χ0v) is 28.2. The molecule has 21 nitrogen and oxygen atoms in total. The Bertz CT molecular complexity index is 2090. The molecule has 0 spiro atoms. The first kappa shape index (κ1) is 36.3. The SMILES string of the molecule is CC(C)(C)CCn1c(-c2cc(=O)c(O)c[nH]2)nn(S(=O)(=O)NC(=O)N2C[C@H](NC(=O)/C(=N\OC(C)(C)C(=O)O)c3csc(N)n3)C2=O)c1=O. The second kappa shape index (κ2) is 13.1. The van der Waals surface area contributed by atoms with Crippen LogP contribution in [0.4, 0.5) is 9.93 Å². The van der Waals surface area contributed by atoms with Crippen LogP contribution in [0.5, 0.6) is 5.75 Å². The van der Waals surface area contributed by atoms with E-state index in [0.29, 0.717) is 11.3 Å². The molecule has 3 aromatic rings. The number of urea groups is 1. The lowest BCUT2D eigenvalue weighted by molar-refractivity contribution is -0.161. The lowest BCUT2D eigenvalue weighted by Gasteiger charge is -2.36. The maximum Gasteiger partial charge on any atom is 0.362 e. The van der Waals surface area contributed by atoms with E-state index in [4.69, 9.17) is 10.6 Å². The van der Waals surface area contributed by atoms with Crippen LogP contribution >= 0.6 is 11.3 Å². The molecule has 1 saturated heterocycles. The molecule has 0 radical (unpaired) electrons. The number of carbonyl (C=O) groups excluding carboxylic acids is 3. The minimum absolute atomic E-state index is 0.0154. The summed E-state index contributed by atoms with van der Waals surface area (Å²) in [5.74, 6) is -4.42. The molecule has 7 N–H and O–H groups in total. The van der Waals surface area contributed by atoms with Crippen molar-refractivity contribution < 1.29 is 42.6 Å². The standard InChI is InChI=1S/C26H32N10O11S2/c1-25(2,3)6-7-34-18(12-8-15(37)16(38)9-28-12)31-36(24(34)44)49(45,46)33-23(43)35-10-13(20(35)40)29-19(39)17(14-11-48-22(27)30-14)32-47-26(4,5)21(41)42/h8-9,11,13,38H,6-7,10H2,1-5H3,(H2,27,30)(H,28,37)(H,29,39)(H,33,43)(H,41,42)/b32-17-/t13-/m0/s1. The number of nitrogen functional groups attached to an aromatic ring is 1. The number of carbonyl (C=O) groups is 4. The van der Waals surface area contributed by atoms with Gasteiger partial charge in [0.2, 0.25) is 11.0 Å². The van der Waals surface area contributed by atoms with Crippen molar-refractivity contribution in [2.75, 3.05) is 12.3 Å². The van der Waals surface area contributed by atoms with Gasteiger partial charge in [0.25, 0.3) is 11.8 Å². The molecule has 23 heteroatoms. The fourth-order valence-electron chi connectivity index (χ4n) is 3.93. The molecule has 0 unspecified atom stereocenters. The van der Waals surface area contributed by atoms with Crippen molar-refractivity contribution in [1.82, 2.24) is 38.7 Å². The number of aromatic nitrogens is 5. The van der Waals surface area contributed by atoms with Crippen LogP contribution in [0.15, 0.2) is 32.4 Å². The number of nitrogens with zero attached hydrogens (tertiary/aromatic N) is 6. The zero-order valence-electron chi connectivity index (χ0n) is 26.6. The van der Waals surface area contributed by atoms with Gasteiger partial charge in [-0.3, -0.25) is 23.9 Å². The number of hydrogen-bond donors (Lipinski definition) is 6. The van der Waals surface area contributed by atoms with Gasteiger partial charge in [-0.25, -0.2) is 24.1 Å². The van der Waals surface area contributed by atoms with Gasteiger partial charge in [-0.1, -0.05) is 30.0 Å². The van der Waals surface area contributed by atoms with E-state index in [1.807, 2.05) is 20.8 Å². The third-order valence-electron chi connectivity index (χ3n) is 6.84. The number of imide groups is 1. The van der Waals surface area contributed by atoms with E-state index in [1.165, 1.54) is 19.2 Å². The molecule has 1 aliphatic heterocycles. The molecule has 1 aliphatic rings. The van der Waals surface area contributed by atoms with E-state index in [1.54, 1.807) is 4.72 Å². The molecule has 264 valence electrons. The first-order chi connectivity index (χ1) is 22.6. The minimum atomic E-state index is -5.09. The van der Waals surface area contributed by atoms with E-state index in [0.717, 1.165) is 28.2 Å². The minimum Gasteiger partial charge on any atom is -0.503 e. The predicted octanol–water partition coefficient (Wildman–Crippen LogP) is -1.01. The van der Waals surface area contributed by atoms with Gasteiger partial charge in [0, 0.05) is 24.2 Å². The fourth-order valence-corrected chi connectivity index (χ4v) is 5.38. The Morgan fingerprint density at radius 1 is 1.20 bits per heavy atom. The number of anilines is 1. The van der Waals surface area contributed by atoms with E-state index in [9.17, 15) is 47.4 Å². The highest BCUT2D eigenvalue weighted by molar-refractivity contribution is 7.88. The molecule has 4 amide bonds. The lowest BCUT2D eigenvalue weighted by atomic mass is 9.92. The van der Waals surface area contributed by atoms with Crippen molar-refractivity contribution >= 4 is 56.2 Å². The maximum absolute atomic E-state index is 13.3. The summed E-state index contributed by atoms with van der Waals surface area (Å²) in [5.41, 5.74) is 0.677. The van der Waals surface area contributed by atoms with E-state index in [2.05, 4.69) is 25.5 Å². The van der Waals surface area contributed by atoms with Crippen LogP contribution in [-0.4, -0.2) is 95.0 Å². The quantitative estimate of drug-likeness (QED) is 0.0785. The number of aromatic amines is 1.